The second kappa shape index (κ2) is 10.6. The average molecular weight is 573 g/mol. The third-order valence-electron chi connectivity index (χ3n) is 6.59. The Balaban J connectivity index is 1.82. The Morgan fingerprint density at radius 1 is 0.725 bits per heavy atom. The van der Waals surface area contributed by atoms with Crippen molar-refractivity contribution in [1.29, 1.82) is 0 Å². The molecule has 0 saturated heterocycles. The molecule has 4 aromatic rings. The van der Waals surface area contributed by atoms with E-state index in [-0.39, 0.29) is 27.3 Å². The molecule has 9 nitrogen and oxygen atoms in total. The molecule has 0 amide bonds. The van der Waals surface area contributed by atoms with Crippen LogP contribution in [0, 0.1) is 20.2 Å². The molecule has 5 rings (SSSR count). The highest BCUT2D eigenvalue weighted by atomic mass is 32.2. The molecule has 1 atom stereocenters. The molecule has 1 heterocycles. The number of carbonyl (C=O) groups excluding carboxylic acids is 1. The van der Waals surface area contributed by atoms with Gasteiger partial charge in [0.05, 0.1) is 14.8 Å². The summed E-state index contributed by atoms with van der Waals surface area (Å²) in [5.74, 6) is -0.801. The molecule has 11 heteroatoms. The van der Waals surface area contributed by atoms with Crippen molar-refractivity contribution in [1.82, 2.24) is 0 Å². The van der Waals surface area contributed by atoms with Crippen molar-refractivity contribution in [3.05, 3.63) is 145 Å². The largest absolute Gasteiger partial charge is 0.445 e. The van der Waals surface area contributed by atoms with Gasteiger partial charge in [0.2, 0.25) is 0 Å². The number of benzene rings is 4. The molecule has 0 saturated carbocycles. The average Bonchev–Trinajstić information content (AvgIpc) is 3.23. The van der Waals surface area contributed by atoms with Crippen LogP contribution in [0.4, 0.5) is 11.4 Å². The van der Waals surface area contributed by atoms with Crippen LogP contribution in [0.25, 0.3) is 0 Å². The molecule has 0 aliphatic carbocycles. The van der Waals surface area contributed by atoms with Gasteiger partial charge in [-0.2, -0.15) is 0 Å². The monoisotopic (exact) mass is 572 g/mol. The van der Waals surface area contributed by atoms with Crippen LogP contribution in [0.2, 0.25) is 0 Å². The van der Waals surface area contributed by atoms with Crippen LogP contribution in [0.15, 0.2) is 124 Å². The third-order valence-corrected chi connectivity index (χ3v) is 11.1. The fraction of sp³-hybridized carbons (Fsp3) is 0.0690. The van der Waals surface area contributed by atoms with E-state index in [4.69, 9.17) is 4.74 Å². The number of rotatable bonds is 8. The second-order valence-corrected chi connectivity index (χ2v) is 12.8. The molecule has 1 aliphatic rings. The van der Waals surface area contributed by atoms with Crippen molar-refractivity contribution in [2.24, 2.45) is 0 Å². The number of carbonyl (C=O) groups is 1. The summed E-state index contributed by atoms with van der Waals surface area (Å²) >= 11 is 1.24. The van der Waals surface area contributed by atoms with Crippen molar-refractivity contribution in [3.63, 3.8) is 0 Å². The predicted molar refractivity (Wildman–Crippen MR) is 152 cm³/mol. The minimum Gasteiger partial charge on any atom is -0.445 e. The molecule has 4 aromatic carbocycles. The maximum atomic E-state index is 15.4. The number of nitrogens with zero attached hydrogens (tertiary/aromatic N) is 2. The standard InChI is InChI=1S/C29H21N2O7PS/c1-29(20-8-4-2-5-9-20)27(40-25-10-6-3-7-11-25)26(28(32)38-29)39(37,23-16-12-21(13-17-23)30(33)34)24-18-14-22(15-19-24)31(35)36/h2-19H,1H3. The van der Waals surface area contributed by atoms with E-state index in [0.717, 1.165) is 4.90 Å². The summed E-state index contributed by atoms with van der Waals surface area (Å²) in [4.78, 5) is 36.5. The SMILES string of the molecule is CC1(c2ccccc2)OC(=O)C(P(=O)(c2ccc([N+](=O)[O-])cc2)c2ccc([N+](=O)[O-])cc2)=C1Sc1ccccc1. The number of thioether (sulfide) groups is 1. The third kappa shape index (κ3) is 4.72. The summed E-state index contributed by atoms with van der Waals surface area (Å²) in [6.07, 6.45) is 0. The Bertz CT molecular complexity index is 1630. The lowest BCUT2D eigenvalue weighted by molar-refractivity contribution is -0.385. The Morgan fingerprint density at radius 2 is 1.18 bits per heavy atom. The molecule has 0 N–H and O–H groups in total. The van der Waals surface area contributed by atoms with Gasteiger partial charge in [-0.1, -0.05) is 60.3 Å². The molecule has 0 spiro atoms. The van der Waals surface area contributed by atoms with Gasteiger partial charge >= 0.3 is 5.97 Å². The number of non-ortho nitro benzene ring substituents is 2. The number of nitro groups is 2. The van der Waals surface area contributed by atoms with Crippen molar-refractivity contribution < 1.29 is 23.9 Å². The van der Waals surface area contributed by atoms with Gasteiger partial charge in [0.1, 0.15) is 5.31 Å². The number of cyclic esters (lactones) is 1. The van der Waals surface area contributed by atoms with Crippen LogP contribution >= 0.6 is 18.9 Å². The van der Waals surface area contributed by atoms with Gasteiger partial charge in [-0.05, 0) is 43.3 Å². The van der Waals surface area contributed by atoms with Gasteiger partial charge in [-0.25, -0.2) is 4.79 Å². The minimum atomic E-state index is -4.08. The van der Waals surface area contributed by atoms with Crippen LogP contribution in [0.1, 0.15) is 12.5 Å². The molecule has 0 fully saturated rings. The summed E-state index contributed by atoms with van der Waals surface area (Å²) < 4.78 is 21.4. The maximum Gasteiger partial charge on any atom is 0.344 e. The van der Waals surface area contributed by atoms with Gasteiger partial charge in [0, 0.05) is 45.3 Å². The molecule has 0 aromatic heterocycles. The Labute approximate surface area is 233 Å². The first-order chi connectivity index (χ1) is 19.1. The van der Waals surface area contributed by atoms with E-state index >= 15 is 4.57 Å². The van der Waals surface area contributed by atoms with Crippen LogP contribution in [0.3, 0.4) is 0 Å². The lowest BCUT2D eigenvalue weighted by Crippen LogP contribution is -2.24. The molecule has 0 radical (unpaired) electrons. The number of hydrogen-bond donors (Lipinski definition) is 0. The second-order valence-electron chi connectivity index (χ2n) is 9.04. The Morgan fingerprint density at radius 3 is 1.62 bits per heavy atom. The Hall–Kier alpha value is -4.53. The molecular weight excluding hydrogens is 551 g/mol. The summed E-state index contributed by atoms with van der Waals surface area (Å²) in [6, 6.07) is 28.6. The predicted octanol–water partition coefficient (Wildman–Crippen LogP) is 6.29. The summed E-state index contributed by atoms with van der Waals surface area (Å²) in [6.45, 7) is 1.73. The molecule has 1 unspecified atom stereocenters. The molecule has 200 valence electrons. The number of hydrogen-bond acceptors (Lipinski definition) is 8. The number of esters is 1. The van der Waals surface area contributed by atoms with E-state index in [9.17, 15) is 25.0 Å². The van der Waals surface area contributed by atoms with Crippen molar-refractivity contribution in [2.45, 2.75) is 17.4 Å². The van der Waals surface area contributed by atoms with E-state index < -0.39 is 28.6 Å². The first kappa shape index (κ1) is 27.1. The van der Waals surface area contributed by atoms with E-state index in [1.807, 2.05) is 60.7 Å². The van der Waals surface area contributed by atoms with Gasteiger partial charge < -0.3 is 9.30 Å². The smallest absolute Gasteiger partial charge is 0.344 e. The molecule has 0 bridgehead atoms. The zero-order valence-electron chi connectivity index (χ0n) is 21.0. The van der Waals surface area contributed by atoms with Gasteiger partial charge in [-0.15, -0.1) is 0 Å². The normalized spacial score (nSPS) is 17.0. The maximum absolute atomic E-state index is 15.4. The van der Waals surface area contributed by atoms with Crippen LogP contribution < -0.4 is 10.6 Å². The highest BCUT2D eigenvalue weighted by molar-refractivity contribution is 8.04. The number of ether oxygens (including phenoxy) is 1. The molecule has 40 heavy (non-hydrogen) atoms. The quantitative estimate of drug-likeness (QED) is 0.104. The van der Waals surface area contributed by atoms with Crippen LogP contribution in [-0.2, 0) is 19.7 Å². The van der Waals surface area contributed by atoms with Gasteiger partial charge in [0.25, 0.3) is 11.4 Å². The fourth-order valence-electron chi connectivity index (χ4n) is 4.54. The van der Waals surface area contributed by atoms with Crippen LogP contribution in [-0.4, -0.2) is 15.8 Å². The highest BCUT2D eigenvalue weighted by Crippen LogP contribution is 2.62. The summed E-state index contributed by atoms with van der Waals surface area (Å²) in [5.41, 5.74) is -1.06. The first-order valence-corrected chi connectivity index (χ1v) is 14.5. The van der Waals surface area contributed by atoms with Crippen molar-refractivity contribution >= 4 is 46.9 Å². The van der Waals surface area contributed by atoms with E-state index in [1.54, 1.807) is 6.92 Å². The highest BCUT2D eigenvalue weighted by Gasteiger charge is 2.53. The van der Waals surface area contributed by atoms with Gasteiger partial charge in [0.15, 0.2) is 12.7 Å². The fourth-order valence-corrected chi connectivity index (χ4v) is 8.88. The van der Waals surface area contributed by atoms with E-state index in [0.29, 0.717) is 10.5 Å². The Kier molecular flexibility index (Phi) is 7.14. The minimum absolute atomic E-state index is 0.0876. The van der Waals surface area contributed by atoms with E-state index in [1.165, 1.54) is 60.3 Å². The molecule has 1 aliphatic heterocycles. The van der Waals surface area contributed by atoms with E-state index in [2.05, 4.69) is 0 Å². The van der Waals surface area contributed by atoms with Crippen LogP contribution in [0.5, 0.6) is 0 Å². The van der Waals surface area contributed by atoms with Crippen molar-refractivity contribution in [3.8, 4) is 0 Å². The van der Waals surface area contributed by atoms with Crippen molar-refractivity contribution in [2.75, 3.05) is 0 Å². The zero-order chi connectivity index (χ0) is 28.5. The summed E-state index contributed by atoms with van der Waals surface area (Å²) in [5, 5.41) is 22.9. The molecular formula is C29H21N2O7PS. The number of nitro benzene ring substituents is 2. The lowest BCUT2D eigenvalue weighted by atomic mass is 9.96. The topological polar surface area (TPSA) is 130 Å². The van der Waals surface area contributed by atoms with Gasteiger partial charge in [-0.3, -0.25) is 20.2 Å². The lowest BCUT2D eigenvalue weighted by Gasteiger charge is -2.27. The summed E-state index contributed by atoms with van der Waals surface area (Å²) in [7, 11) is -4.08. The zero-order valence-corrected chi connectivity index (χ0v) is 22.7. The first-order valence-electron chi connectivity index (χ1n) is 12.0.